The van der Waals surface area contributed by atoms with E-state index >= 15 is 0 Å². The molecule has 0 aliphatic carbocycles. The molecule has 6 heteroatoms. The minimum atomic E-state index is -0.847. The summed E-state index contributed by atoms with van der Waals surface area (Å²) in [6.07, 6.45) is 1.03. The maximum Gasteiger partial charge on any atom is 0.307 e. The van der Waals surface area contributed by atoms with Gasteiger partial charge in [-0.05, 0) is 18.4 Å². The second kappa shape index (κ2) is 9.39. The fourth-order valence-corrected chi connectivity index (χ4v) is 2.92. The third-order valence-electron chi connectivity index (χ3n) is 4.16. The van der Waals surface area contributed by atoms with Crippen LogP contribution in [-0.4, -0.2) is 54.3 Å². The minimum Gasteiger partial charge on any atom is -0.469 e. The number of ether oxygens (including phenoxy) is 2. The second-order valence-electron chi connectivity index (χ2n) is 6.02. The van der Waals surface area contributed by atoms with E-state index in [0.717, 1.165) is 18.4 Å². The summed E-state index contributed by atoms with van der Waals surface area (Å²) in [5.41, 5.74) is 1.02. The maximum atomic E-state index is 12.3. The predicted molar refractivity (Wildman–Crippen MR) is 88.1 cm³/mol. The van der Waals surface area contributed by atoms with Crippen LogP contribution in [0, 0.1) is 0 Å². The average Bonchev–Trinajstić information content (AvgIpc) is 3.04. The Balaban J connectivity index is 1.73. The number of nitrogens with zero attached hydrogens (tertiary/aromatic N) is 1. The normalized spacial score (nSPS) is 18.4. The van der Waals surface area contributed by atoms with Crippen LogP contribution >= 0.6 is 0 Å². The van der Waals surface area contributed by atoms with Crippen molar-refractivity contribution in [2.45, 2.75) is 44.4 Å². The Bertz CT molecular complexity index is 533. The summed E-state index contributed by atoms with van der Waals surface area (Å²) in [5.74, 6) is -0.455. The third kappa shape index (κ3) is 5.62. The first-order valence-electron chi connectivity index (χ1n) is 8.26. The van der Waals surface area contributed by atoms with E-state index in [0.29, 0.717) is 13.2 Å². The molecule has 2 rings (SSSR count). The molecule has 1 fully saturated rings. The second-order valence-corrected chi connectivity index (χ2v) is 6.02. The number of hydrogen-bond donors (Lipinski definition) is 1. The Kier molecular flexibility index (Phi) is 7.21. The first-order valence-corrected chi connectivity index (χ1v) is 8.26. The molecule has 0 aromatic heterocycles. The number of aliphatic hydroxyl groups is 1. The van der Waals surface area contributed by atoms with E-state index in [1.54, 1.807) is 4.90 Å². The molecule has 132 valence electrons. The molecular formula is C18H25NO5. The van der Waals surface area contributed by atoms with Crippen molar-refractivity contribution in [1.29, 1.82) is 0 Å². The van der Waals surface area contributed by atoms with Crippen molar-refractivity contribution >= 4 is 11.9 Å². The summed E-state index contributed by atoms with van der Waals surface area (Å²) >= 11 is 0. The lowest BCUT2D eigenvalue weighted by Crippen LogP contribution is -2.39. The van der Waals surface area contributed by atoms with E-state index < -0.39 is 6.10 Å². The van der Waals surface area contributed by atoms with E-state index in [2.05, 4.69) is 4.74 Å². The fourth-order valence-electron chi connectivity index (χ4n) is 2.92. The number of esters is 1. The Labute approximate surface area is 142 Å². The lowest BCUT2D eigenvalue weighted by Gasteiger charge is -2.25. The molecule has 1 N–H and O–H groups in total. The Morgan fingerprint density at radius 3 is 2.79 bits per heavy atom. The van der Waals surface area contributed by atoms with Crippen LogP contribution in [0.25, 0.3) is 0 Å². The summed E-state index contributed by atoms with van der Waals surface area (Å²) in [6.45, 7) is 1.13. The molecule has 2 atom stereocenters. The lowest BCUT2D eigenvalue weighted by atomic mass is 10.1. The van der Waals surface area contributed by atoms with Crippen molar-refractivity contribution in [1.82, 2.24) is 4.90 Å². The molecule has 1 aromatic carbocycles. The SMILES string of the molecule is COC(=O)C[C@H]1CCCN1C(=O)C[C@@H](O)COCc1ccccc1. The highest BCUT2D eigenvalue weighted by molar-refractivity contribution is 5.78. The molecule has 24 heavy (non-hydrogen) atoms. The zero-order valence-electron chi connectivity index (χ0n) is 14.0. The summed E-state index contributed by atoms with van der Waals surface area (Å²) < 4.78 is 10.1. The molecule has 0 radical (unpaired) electrons. The molecule has 1 amide bonds. The van der Waals surface area contributed by atoms with Gasteiger partial charge in [-0.2, -0.15) is 0 Å². The van der Waals surface area contributed by atoms with Crippen LogP contribution in [0.1, 0.15) is 31.2 Å². The third-order valence-corrected chi connectivity index (χ3v) is 4.16. The van der Waals surface area contributed by atoms with Gasteiger partial charge in [-0.1, -0.05) is 30.3 Å². The summed E-state index contributed by atoms with van der Waals surface area (Å²) in [4.78, 5) is 25.4. The maximum absolute atomic E-state index is 12.3. The zero-order valence-corrected chi connectivity index (χ0v) is 14.0. The van der Waals surface area contributed by atoms with Crippen molar-refractivity contribution in [3.63, 3.8) is 0 Å². The number of benzene rings is 1. The molecular weight excluding hydrogens is 310 g/mol. The Hall–Kier alpha value is -1.92. The van der Waals surface area contributed by atoms with Gasteiger partial charge in [-0.15, -0.1) is 0 Å². The molecule has 1 heterocycles. The van der Waals surface area contributed by atoms with Crippen molar-refractivity contribution in [2.75, 3.05) is 20.3 Å². The minimum absolute atomic E-state index is 0.00641. The average molecular weight is 335 g/mol. The monoisotopic (exact) mass is 335 g/mol. The van der Waals surface area contributed by atoms with Gasteiger partial charge >= 0.3 is 5.97 Å². The van der Waals surface area contributed by atoms with Gasteiger partial charge in [0.15, 0.2) is 0 Å². The summed E-state index contributed by atoms with van der Waals surface area (Å²) in [7, 11) is 1.34. The van der Waals surface area contributed by atoms with Crippen LogP contribution in [0.4, 0.5) is 0 Å². The quantitative estimate of drug-likeness (QED) is 0.729. The molecule has 6 nitrogen and oxygen atoms in total. The first-order chi connectivity index (χ1) is 11.6. The van der Waals surface area contributed by atoms with Gasteiger partial charge in [0.2, 0.25) is 5.91 Å². The standard InChI is InChI=1S/C18H25NO5/c1-23-18(22)10-15-8-5-9-19(15)17(21)11-16(20)13-24-12-14-6-3-2-4-7-14/h2-4,6-7,15-16,20H,5,8-13H2,1H3/t15-,16-/m1/s1. The van der Waals surface area contributed by atoms with Gasteiger partial charge in [0, 0.05) is 12.6 Å². The number of aliphatic hydroxyl groups excluding tert-OH is 1. The predicted octanol–water partition coefficient (Wildman–Crippen LogP) is 1.51. The topological polar surface area (TPSA) is 76.1 Å². The van der Waals surface area contributed by atoms with Gasteiger partial charge in [0.25, 0.3) is 0 Å². The van der Waals surface area contributed by atoms with Gasteiger partial charge in [0.1, 0.15) is 0 Å². The van der Waals surface area contributed by atoms with E-state index in [9.17, 15) is 14.7 Å². The van der Waals surface area contributed by atoms with E-state index in [-0.39, 0.29) is 37.4 Å². The van der Waals surface area contributed by atoms with Crippen LogP contribution in [-0.2, 0) is 25.7 Å². The van der Waals surface area contributed by atoms with Crippen molar-refractivity contribution in [3.8, 4) is 0 Å². The van der Waals surface area contributed by atoms with Crippen LogP contribution in [0.2, 0.25) is 0 Å². The first kappa shape index (κ1) is 18.4. The lowest BCUT2D eigenvalue weighted by molar-refractivity contribution is -0.143. The van der Waals surface area contributed by atoms with E-state index in [4.69, 9.17) is 4.74 Å². The number of methoxy groups -OCH3 is 1. The molecule has 1 saturated heterocycles. The number of amides is 1. The van der Waals surface area contributed by atoms with Crippen molar-refractivity contribution in [3.05, 3.63) is 35.9 Å². The molecule has 1 aliphatic rings. The smallest absolute Gasteiger partial charge is 0.307 e. The molecule has 0 unspecified atom stereocenters. The van der Waals surface area contributed by atoms with E-state index in [1.807, 2.05) is 30.3 Å². The van der Waals surface area contributed by atoms with Gasteiger partial charge in [-0.3, -0.25) is 9.59 Å². The largest absolute Gasteiger partial charge is 0.469 e. The summed E-state index contributed by atoms with van der Waals surface area (Å²) in [6, 6.07) is 9.54. The van der Waals surface area contributed by atoms with E-state index in [1.165, 1.54) is 7.11 Å². The Morgan fingerprint density at radius 1 is 1.33 bits per heavy atom. The van der Waals surface area contributed by atoms with Crippen LogP contribution in [0.5, 0.6) is 0 Å². The van der Waals surface area contributed by atoms with Gasteiger partial charge in [-0.25, -0.2) is 0 Å². The highest BCUT2D eigenvalue weighted by atomic mass is 16.5. The fraction of sp³-hybridized carbons (Fsp3) is 0.556. The van der Waals surface area contributed by atoms with Crippen molar-refractivity contribution < 1.29 is 24.2 Å². The zero-order chi connectivity index (χ0) is 17.4. The van der Waals surface area contributed by atoms with Gasteiger partial charge < -0.3 is 19.5 Å². The number of rotatable bonds is 8. The van der Waals surface area contributed by atoms with Crippen LogP contribution in [0.15, 0.2) is 30.3 Å². The van der Waals surface area contributed by atoms with Gasteiger partial charge in [0.05, 0.1) is 39.3 Å². The van der Waals surface area contributed by atoms with Crippen molar-refractivity contribution in [2.24, 2.45) is 0 Å². The molecule has 1 aromatic rings. The molecule has 0 bridgehead atoms. The highest BCUT2D eigenvalue weighted by Crippen LogP contribution is 2.21. The number of carbonyl (C=O) groups is 2. The number of likely N-dealkylation sites (tertiary alicyclic amines) is 1. The summed E-state index contributed by atoms with van der Waals surface area (Å²) in [5, 5.41) is 10.0. The molecule has 0 spiro atoms. The van der Waals surface area contributed by atoms with Crippen LogP contribution in [0.3, 0.4) is 0 Å². The molecule has 0 saturated carbocycles. The molecule has 1 aliphatic heterocycles. The van der Waals surface area contributed by atoms with Crippen LogP contribution < -0.4 is 0 Å². The number of hydrogen-bond acceptors (Lipinski definition) is 5. The Morgan fingerprint density at radius 2 is 2.08 bits per heavy atom. The number of carbonyl (C=O) groups excluding carboxylic acids is 2. The highest BCUT2D eigenvalue weighted by Gasteiger charge is 2.31.